The van der Waals surface area contributed by atoms with Crippen LogP contribution in [0.2, 0.25) is 0 Å². The molecule has 1 fully saturated rings. The third-order valence-electron chi connectivity index (χ3n) is 4.58. The Kier molecular flexibility index (Phi) is 5.54. The summed E-state index contributed by atoms with van der Waals surface area (Å²) in [5.41, 5.74) is 0.474. The number of halogens is 1. The fourth-order valence-electron chi connectivity index (χ4n) is 3.18. The Morgan fingerprint density at radius 2 is 1.88 bits per heavy atom. The van der Waals surface area contributed by atoms with Gasteiger partial charge in [0.1, 0.15) is 15.3 Å². The zero-order valence-electron chi connectivity index (χ0n) is 13.7. The van der Waals surface area contributed by atoms with E-state index < -0.39 is 20.9 Å². The Morgan fingerprint density at radius 1 is 1.20 bits per heavy atom. The number of nitrogens with one attached hydrogen (secondary N) is 1. The summed E-state index contributed by atoms with van der Waals surface area (Å²) in [4.78, 5) is 12.3. The second-order valence-electron chi connectivity index (χ2n) is 6.24. The highest BCUT2D eigenvalue weighted by Gasteiger charge is 2.31. The number of carbonyl (C=O) groups excluding carboxylic acids is 1. The van der Waals surface area contributed by atoms with E-state index in [9.17, 15) is 17.6 Å². The Labute approximate surface area is 151 Å². The number of rotatable bonds is 6. The van der Waals surface area contributed by atoms with Crippen molar-refractivity contribution in [1.29, 1.82) is 0 Å². The van der Waals surface area contributed by atoms with Crippen molar-refractivity contribution in [1.82, 2.24) is 5.32 Å². The molecule has 3 rings (SSSR count). The maximum absolute atomic E-state index is 13.2. The van der Waals surface area contributed by atoms with Crippen LogP contribution >= 0.6 is 11.3 Å². The first kappa shape index (κ1) is 18.1. The molecule has 1 aliphatic carbocycles. The Balaban J connectivity index is 1.84. The number of carbonyl (C=O) groups is 1. The van der Waals surface area contributed by atoms with Crippen LogP contribution in [0, 0.1) is 11.7 Å². The maximum atomic E-state index is 13.2. The molecule has 0 bridgehead atoms. The highest BCUT2D eigenvalue weighted by atomic mass is 32.2. The fourth-order valence-corrected chi connectivity index (χ4v) is 6.04. The predicted octanol–water partition coefficient (Wildman–Crippen LogP) is 3.71. The topological polar surface area (TPSA) is 63.2 Å². The fraction of sp³-hybridized carbons (Fsp3) is 0.389. The normalized spacial score (nSPS) is 16.7. The van der Waals surface area contributed by atoms with Crippen LogP contribution in [0.5, 0.6) is 0 Å². The standard InChI is InChI=1S/C18H20FNO3S2/c19-15-9-7-13(8-10-15)16(25(22,23)17-6-3-11-24-17)12-20-18(21)14-4-1-2-5-14/h3,6-11,14,16H,1-2,4-5,12H2,(H,20,21). The summed E-state index contributed by atoms with van der Waals surface area (Å²) in [6.45, 7) is -0.0127. The number of hydrogen-bond donors (Lipinski definition) is 1. The third kappa shape index (κ3) is 4.10. The van der Waals surface area contributed by atoms with Gasteiger partial charge in [0.05, 0.1) is 0 Å². The van der Waals surface area contributed by atoms with Gasteiger partial charge >= 0.3 is 0 Å². The number of hydrogen-bond acceptors (Lipinski definition) is 4. The Bertz CT molecular complexity index is 811. The lowest BCUT2D eigenvalue weighted by molar-refractivity contribution is -0.124. The van der Waals surface area contributed by atoms with Gasteiger partial charge in [0.25, 0.3) is 0 Å². The first-order valence-electron chi connectivity index (χ1n) is 8.29. The molecule has 0 saturated heterocycles. The van der Waals surface area contributed by atoms with Gasteiger partial charge in [-0.05, 0) is 42.0 Å². The lowest BCUT2D eigenvalue weighted by Gasteiger charge is -2.19. The molecule has 1 atom stereocenters. The van der Waals surface area contributed by atoms with Crippen molar-refractivity contribution >= 4 is 27.1 Å². The van der Waals surface area contributed by atoms with Crippen LogP contribution in [0.1, 0.15) is 36.5 Å². The van der Waals surface area contributed by atoms with E-state index >= 15 is 0 Å². The van der Waals surface area contributed by atoms with E-state index in [1.165, 1.54) is 24.3 Å². The summed E-state index contributed by atoms with van der Waals surface area (Å²) in [5.74, 6) is -0.546. The van der Waals surface area contributed by atoms with E-state index in [0.29, 0.717) is 5.56 Å². The highest BCUT2D eigenvalue weighted by molar-refractivity contribution is 7.93. The van der Waals surface area contributed by atoms with Gasteiger partial charge in [-0.25, -0.2) is 12.8 Å². The minimum atomic E-state index is -3.66. The lowest BCUT2D eigenvalue weighted by atomic mass is 10.1. The van der Waals surface area contributed by atoms with Gasteiger partial charge in [-0.15, -0.1) is 11.3 Å². The van der Waals surface area contributed by atoms with Gasteiger partial charge in [0, 0.05) is 12.5 Å². The molecular formula is C18H20FNO3S2. The molecule has 25 heavy (non-hydrogen) atoms. The van der Waals surface area contributed by atoms with E-state index in [1.54, 1.807) is 17.5 Å². The second kappa shape index (κ2) is 7.66. The molecule has 0 radical (unpaired) electrons. The number of benzene rings is 1. The van der Waals surface area contributed by atoms with Crippen molar-refractivity contribution < 1.29 is 17.6 Å². The average Bonchev–Trinajstić information content (AvgIpc) is 3.30. The SMILES string of the molecule is O=C(NCC(c1ccc(F)cc1)S(=O)(=O)c1cccs1)C1CCCC1. The van der Waals surface area contributed by atoms with Crippen LogP contribution < -0.4 is 5.32 Å². The van der Waals surface area contributed by atoms with Gasteiger partial charge in [0.2, 0.25) is 5.91 Å². The molecule has 1 saturated carbocycles. The molecule has 2 aromatic rings. The van der Waals surface area contributed by atoms with Crippen molar-refractivity contribution in [3.8, 4) is 0 Å². The zero-order chi connectivity index (χ0) is 17.9. The van der Waals surface area contributed by atoms with Crippen LogP contribution in [-0.2, 0) is 14.6 Å². The summed E-state index contributed by atoms with van der Waals surface area (Å²) in [7, 11) is -3.66. The molecule has 1 aromatic carbocycles. The van der Waals surface area contributed by atoms with Crippen molar-refractivity contribution in [3.05, 3.63) is 53.2 Å². The molecule has 1 N–H and O–H groups in total. The van der Waals surface area contributed by atoms with Crippen LogP contribution in [0.15, 0.2) is 46.0 Å². The first-order valence-corrected chi connectivity index (χ1v) is 10.7. The molecule has 0 spiro atoms. The zero-order valence-corrected chi connectivity index (χ0v) is 15.3. The maximum Gasteiger partial charge on any atom is 0.223 e. The van der Waals surface area contributed by atoms with Gasteiger partial charge in [-0.1, -0.05) is 31.0 Å². The van der Waals surface area contributed by atoms with Crippen LogP contribution in [0.25, 0.3) is 0 Å². The minimum absolute atomic E-state index is 0.0127. The molecule has 1 amide bonds. The lowest BCUT2D eigenvalue weighted by Crippen LogP contribution is -2.35. The summed E-state index contributed by atoms with van der Waals surface area (Å²) in [6.07, 6.45) is 3.77. The summed E-state index contributed by atoms with van der Waals surface area (Å²) >= 11 is 1.14. The Morgan fingerprint density at radius 3 is 2.48 bits per heavy atom. The van der Waals surface area contributed by atoms with E-state index in [2.05, 4.69) is 5.32 Å². The summed E-state index contributed by atoms with van der Waals surface area (Å²) < 4.78 is 39.4. The first-order chi connectivity index (χ1) is 12.0. The van der Waals surface area contributed by atoms with Gasteiger partial charge in [-0.3, -0.25) is 4.79 Å². The van der Waals surface area contributed by atoms with Gasteiger partial charge in [-0.2, -0.15) is 0 Å². The summed E-state index contributed by atoms with van der Waals surface area (Å²) in [6, 6.07) is 8.64. The molecule has 7 heteroatoms. The van der Waals surface area contributed by atoms with Gasteiger partial charge < -0.3 is 5.32 Å². The summed E-state index contributed by atoms with van der Waals surface area (Å²) in [5, 5.41) is 3.57. The molecular weight excluding hydrogens is 361 g/mol. The monoisotopic (exact) mass is 381 g/mol. The molecule has 1 aliphatic rings. The van der Waals surface area contributed by atoms with Crippen molar-refractivity contribution in [2.75, 3.05) is 6.54 Å². The molecule has 1 unspecified atom stereocenters. The van der Waals surface area contributed by atoms with E-state index in [0.717, 1.165) is 37.0 Å². The van der Waals surface area contributed by atoms with E-state index in [-0.39, 0.29) is 22.6 Å². The minimum Gasteiger partial charge on any atom is -0.354 e. The smallest absolute Gasteiger partial charge is 0.223 e. The molecule has 1 aromatic heterocycles. The number of amides is 1. The molecule has 1 heterocycles. The van der Waals surface area contributed by atoms with Crippen LogP contribution in [0.4, 0.5) is 4.39 Å². The average molecular weight is 381 g/mol. The van der Waals surface area contributed by atoms with Crippen molar-refractivity contribution in [2.45, 2.75) is 35.1 Å². The quantitative estimate of drug-likeness (QED) is 0.830. The van der Waals surface area contributed by atoms with Gasteiger partial charge in [0.15, 0.2) is 9.84 Å². The van der Waals surface area contributed by atoms with E-state index in [4.69, 9.17) is 0 Å². The highest BCUT2D eigenvalue weighted by Crippen LogP contribution is 2.32. The number of sulfone groups is 1. The Hall–Kier alpha value is -1.73. The van der Waals surface area contributed by atoms with Crippen molar-refractivity contribution in [3.63, 3.8) is 0 Å². The van der Waals surface area contributed by atoms with Crippen LogP contribution in [0.3, 0.4) is 0 Å². The van der Waals surface area contributed by atoms with E-state index in [1.807, 2.05) is 0 Å². The second-order valence-corrected chi connectivity index (χ2v) is 9.55. The predicted molar refractivity (Wildman–Crippen MR) is 95.6 cm³/mol. The largest absolute Gasteiger partial charge is 0.354 e. The van der Waals surface area contributed by atoms with Crippen molar-refractivity contribution in [2.24, 2.45) is 5.92 Å². The van der Waals surface area contributed by atoms with Crippen LogP contribution in [-0.4, -0.2) is 20.9 Å². The molecule has 0 aliphatic heterocycles. The number of thiophene rings is 1. The molecule has 4 nitrogen and oxygen atoms in total. The molecule has 134 valence electrons. The third-order valence-corrected chi connectivity index (χ3v) is 8.11.